The number of carbonyl (C=O) groups is 3. The lowest BCUT2D eigenvalue weighted by molar-refractivity contribution is -0.193. The number of piperidine rings is 1. The van der Waals surface area contributed by atoms with Gasteiger partial charge in [-0.2, -0.15) is 26.3 Å². The molecule has 1 spiro atoms. The van der Waals surface area contributed by atoms with Crippen molar-refractivity contribution >= 4 is 17.8 Å². The molecule has 0 aromatic carbocycles. The van der Waals surface area contributed by atoms with Crippen molar-refractivity contribution in [1.82, 2.24) is 14.7 Å². The van der Waals surface area contributed by atoms with Gasteiger partial charge in [0.2, 0.25) is 5.91 Å². The molecule has 3 aliphatic heterocycles. The first-order valence-electron chi connectivity index (χ1n) is 11.9. The third kappa shape index (κ3) is 12.6. The molecule has 1 unspecified atom stereocenters. The van der Waals surface area contributed by atoms with E-state index >= 15 is 0 Å². The lowest BCUT2D eigenvalue weighted by atomic mass is 9.78. The molecular weight excluding hydrogens is 532 g/mol. The number of likely N-dealkylation sites (N-methyl/N-ethyl adjacent to an activating group) is 1. The van der Waals surface area contributed by atoms with E-state index < -0.39 is 24.3 Å². The van der Waals surface area contributed by atoms with E-state index in [4.69, 9.17) is 29.3 Å². The molecule has 10 nitrogen and oxygen atoms in total. The van der Waals surface area contributed by atoms with Crippen LogP contribution in [0.3, 0.4) is 0 Å². The molecule has 38 heavy (non-hydrogen) atoms. The average molecular weight is 568 g/mol. The standard InChI is InChI=1S/C18H33N3O3.2C2HF3O2/c1-19(2)17(22)12-21-8-10-24-15-18(14-21)4-6-20(7-5-18)11-16-3-9-23-13-16;2*3-2(4,5)1(6)7/h16H,3-15H2,1-2H3;2*(H,6,7). The molecule has 3 saturated heterocycles. The molecule has 3 rings (SSSR count). The largest absolute Gasteiger partial charge is 0.490 e. The second-order valence-corrected chi connectivity index (χ2v) is 9.69. The predicted octanol–water partition coefficient (Wildman–Crippen LogP) is 1.79. The molecule has 0 saturated carbocycles. The summed E-state index contributed by atoms with van der Waals surface area (Å²) >= 11 is 0. The number of hydrogen-bond donors (Lipinski definition) is 2. The Hall–Kier alpha value is -2.17. The predicted molar refractivity (Wildman–Crippen MR) is 120 cm³/mol. The Balaban J connectivity index is 0.000000426. The Labute approximate surface area is 216 Å². The topological polar surface area (TPSA) is 120 Å². The summed E-state index contributed by atoms with van der Waals surface area (Å²) in [5.41, 5.74) is 0.228. The van der Waals surface area contributed by atoms with Gasteiger partial charge in [-0.05, 0) is 38.3 Å². The van der Waals surface area contributed by atoms with Gasteiger partial charge >= 0.3 is 24.3 Å². The highest BCUT2D eigenvalue weighted by Gasteiger charge is 2.40. The minimum absolute atomic E-state index is 0.186. The fraction of sp³-hybridized carbons (Fsp3) is 0.864. The Morgan fingerprint density at radius 1 is 0.895 bits per heavy atom. The summed E-state index contributed by atoms with van der Waals surface area (Å²) in [6, 6.07) is 0. The molecule has 2 N–H and O–H groups in total. The van der Waals surface area contributed by atoms with E-state index in [9.17, 15) is 31.1 Å². The van der Waals surface area contributed by atoms with Gasteiger partial charge in [0.1, 0.15) is 0 Å². The van der Waals surface area contributed by atoms with E-state index in [1.807, 2.05) is 14.1 Å². The lowest BCUT2D eigenvalue weighted by Gasteiger charge is -2.43. The molecule has 3 aliphatic rings. The maximum Gasteiger partial charge on any atom is 0.490 e. The summed E-state index contributed by atoms with van der Waals surface area (Å²) in [5, 5.41) is 14.2. The number of ether oxygens (including phenoxy) is 2. The van der Waals surface area contributed by atoms with Gasteiger partial charge in [-0.1, -0.05) is 0 Å². The van der Waals surface area contributed by atoms with Crippen LogP contribution in [0.1, 0.15) is 19.3 Å². The highest BCUT2D eigenvalue weighted by Crippen LogP contribution is 2.35. The van der Waals surface area contributed by atoms with Gasteiger partial charge in [0.15, 0.2) is 0 Å². The molecular formula is C22H35F6N3O7. The van der Waals surface area contributed by atoms with Gasteiger partial charge in [0.25, 0.3) is 0 Å². The molecule has 0 aromatic heterocycles. The van der Waals surface area contributed by atoms with Crippen molar-refractivity contribution in [2.45, 2.75) is 31.6 Å². The van der Waals surface area contributed by atoms with Crippen LogP contribution in [0.4, 0.5) is 26.3 Å². The van der Waals surface area contributed by atoms with Crippen molar-refractivity contribution in [3.05, 3.63) is 0 Å². The average Bonchev–Trinajstić information content (AvgIpc) is 3.23. The van der Waals surface area contributed by atoms with Crippen molar-refractivity contribution in [3.63, 3.8) is 0 Å². The van der Waals surface area contributed by atoms with Crippen molar-refractivity contribution < 1.29 is 60.4 Å². The number of carbonyl (C=O) groups excluding carboxylic acids is 1. The number of aliphatic carboxylic acids is 2. The number of halogens is 6. The Bertz CT molecular complexity index is 742. The van der Waals surface area contributed by atoms with Gasteiger partial charge in [0, 0.05) is 45.8 Å². The van der Waals surface area contributed by atoms with Crippen molar-refractivity contribution in [2.24, 2.45) is 11.3 Å². The molecule has 16 heteroatoms. The minimum atomic E-state index is -5.08. The normalized spacial score (nSPS) is 22.4. The first-order valence-corrected chi connectivity index (χ1v) is 11.9. The van der Waals surface area contributed by atoms with E-state index in [-0.39, 0.29) is 11.3 Å². The zero-order chi connectivity index (χ0) is 29.1. The molecule has 0 radical (unpaired) electrons. The molecule has 1 atom stereocenters. The lowest BCUT2D eigenvalue weighted by Crippen LogP contribution is -2.49. The number of amides is 1. The molecule has 0 aromatic rings. The van der Waals surface area contributed by atoms with E-state index in [1.165, 1.54) is 25.8 Å². The number of likely N-dealkylation sites (tertiary alicyclic amines) is 1. The smallest absolute Gasteiger partial charge is 0.475 e. The maximum absolute atomic E-state index is 12.1. The number of hydrogen-bond acceptors (Lipinski definition) is 7. The van der Waals surface area contributed by atoms with Crippen LogP contribution in [-0.2, 0) is 23.9 Å². The highest BCUT2D eigenvalue weighted by molar-refractivity contribution is 5.77. The van der Waals surface area contributed by atoms with Crippen LogP contribution >= 0.6 is 0 Å². The Morgan fingerprint density at radius 3 is 1.84 bits per heavy atom. The van der Waals surface area contributed by atoms with Crippen LogP contribution in [0.15, 0.2) is 0 Å². The van der Waals surface area contributed by atoms with Crippen LogP contribution in [0, 0.1) is 11.3 Å². The molecule has 0 aliphatic carbocycles. The van der Waals surface area contributed by atoms with Crippen LogP contribution in [0.2, 0.25) is 0 Å². The quantitative estimate of drug-likeness (QED) is 0.490. The summed E-state index contributed by atoms with van der Waals surface area (Å²) in [4.78, 5) is 36.4. The number of nitrogens with zero attached hydrogens (tertiary/aromatic N) is 3. The maximum atomic E-state index is 12.1. The first kappa shape index (κ1) is 33.9. The zero-order valence-electron chi connectivity index (χ0n) is 21.3. The number of carboxylic acid groups (broad SMARTS) is 2. The molecule has 0 bridgehead atoms. The summed E-state index contributed by atoms with van der Waals surface area (Å²) in [6.45, 7) is 9.31. The number of carboxylic acids is 2. The van der Waals surface area contributed by atoms with Crippen LogP contribution in [0.5, 0.6) is 0 Å². The van der Waals surface area contributed by atoms with Crippen molar-refractivity contribution in [3.8, 4) is 0 Å². The van der Waals surface area contributed by atoms with Gasteiger partial charge in [0.05, 0.1) is 26.4 Å². The molecule has 222 valence electrons. The zero-order valence-corrected chi connectivity index (χ0v) is 21.3. The SMILES string of the molecule is CN(C)C(=O)CN1CCOCC2(CCN(CC3CCOC3)CC2)C1.O=C(O)C(F)(F)F.O=C(O)C(F)(F)F. The van der Waals surface area contributed by atoms with Crippen molar-refractivity contribution in [2.75, 3.05) is 79.8 Å². The van der Waals surface area contributed by atoms with E-state index in [0.717, 1.165) is 58.5 Å². The Kier molecular flexibility index (Phi) is 13.2. The minimum Gasteiger partial charge on any atom is -0.475 e. The summed E-state index contributed by atoms with van der Waals surface area (Å²) < 4.78 is 74.9. The molecule has 3 heterocycles. The number of alkyl halides is 6. The van der Waals surface area contributed by atoms with Gasteiger partial charge in [-0.3, -0.25) is 9.69 Å². The van der Waals surface area contributed by atoms with Crippen molar-refractivity contribution in [1.29, 1.82) is 0 Å². The van der Waals surface area contributed by atoms with Gasteiger partial charge < -0.3 is 29.5 Å². The third-order valence-electron chi connectivity index (χ3n) is 6.32. The third-order valence-corrected chi connectivity index (χ3v) is 6.32. The molecule has 1 amide bonds. The number of rotatable bonds is 4. The summed E-state index contributed by atoms with van der Waals surface area (Å²) in [6.07, 6.45) is -6.61. The summed E-state index contributed by atoms with van der Waals surface area (Å²) in [7, 11) is 3.66. The fourth-order valence-corrected chi connectivity index (χ4v) is 4.15. The van der Waals surface area contributed by atoms with E-state index in [1.54, 1.807) is 4.90 Å². The van der Waals surface area contributed by atoms with Crippen LogP contribution in [-0.4, -0.2) is 135 Å². The van der Waals surface area contributed by atoms with Gasteiger partial charge in [-0.15, -0.1) is 0 Å². The first-order chi connectivity index (χ1) is 17.4. The van der Waals surface area contributed by atoms with Crippen LogP contribution < -0.4 is 0 Å². The molecule has 3 fully saturated rings. The fourth-order valence-electron chi connectivity index (χ4n) is 4.15. The summed E-state index contributed by atoms with van der Waals surface area (Å²) in [5.74, 6) is -4.61. The second-order valence-electron chi connectivity index (χ2n) is 9.69. The highest BCUT2D eigenvalue weighted by atomic mass is 19.4. The second kappa shape index (κ2) is 14.8. The van der Waals surface area contributed by atoms with E-state index in [2.05, 4.69) is 9.80 Å². The van der Waals surface area contributed by atoms with Gasteiger partial charge in [-0.25, -0.2) is 9.59 Å². The van der Waals surface area contributed by atoms with Crippen LogP contribution in [0.25, 0.3) is 0 Å². The Morgan fingerprint density at radius 2 is 1.42 bits per heavy atom. The monoisotopic (exact) mass is 567 g/mol. The van der Waals surface area contributed by atoms with E-state index in [0.29, 0.717) is 6.54 Å².